The Morgan fingerprint density at radius 2 is 1.25 bits per heavy atom. The van der Waals surface area contributed by atoms with E-state index in [2.05, 4.69) is 19.9 Å². The Bertz CT molecular complexity index is 913. The maximum Gasteiger partial charge on any atom is 0.472 e. The Hall–Kier alpha value is -2.29. The molecule has 9 nitrogen and oxygen atoms in total. The molecule has 0 saturated carbocycles. The first kappa shape index (κ1) is 41.7. The van der Waals surface area contributed by atoms with Crippen LogP contribution in [0.1, 0.15) is 110 Å². The number of allylic oxidation sites excluding steroid dienone is 10. The van der Waals surface area contributed by atoms with Crippen molar-refractivity contribution in [3.63, 3.8) is 0 Å². The summed E-state index contributed by atoms with van der Waals surface area (Å²) in [7, 11) is -4.38. The number of hydrogen-bond donors (Lipinski definition) is 2. The molecule has 252 valence electrons. The van der Waals surface area contributed by atoms with Crippen molar-refractivity contribution in [1.82, 2.24) is 0 Å². The molecule has 0 radical (unpaired) electrons. The van der Waals surface area contributed by atoms with Crippen molar-refractivity contribution in [1.29, 1.82) is 0 Å². The lowest BCUT2D eigenvalue weighted by Crippen LogP contribution is -2.29. The summed E-state index contributed by atoms with van der Waals surface area (Å²) in [5, 5.41) is 0. The molecule has 0 bridgehead atoms. The van der Waals surface area contributed by atoms with E-state index in [1.54, 1.807) is 0 Å². The van der Waals surface area contributed by atoms with E-state index in [1.165, 1.54) is 44.9 Å². The lowest BCUT2D eigenvalue weighted by molar-refractivity contribution is -0.161. The van der Waals surface area contributed by atoms with Gasteiger partial charge < -0.3 is 20.1 Å². The minimum Gasteiger partial charge on any atom is -0.462 e. The van der Waals surface area contributed by atoms with E-state index in [0.717, 1.165) is 25.7 Å². The molecule has 0 saturated heterocycles. The molecule has 0 fully saturated rings. The molecule has 0 spiro atoms. The molecule has 0 aromatic rings. The van der Waals surface area contributed by atoms with Crippen molar-refractivity contribution in [2.75, 3.05) is 26.4 Å². The molecule has 44 heavy (non-hydrogen) atoms. The molecule has 0 aromatic carbocycles. The van der Waals surface area contributed by atoms with Crippen LogP contribution in [0.25, 0.3) is 0 Å². The van der Waals surface area contributed by atoms with Gasteiger partial charge in [0.05, 0.1) is 13.2 Å². The van der Waals surface area contributed by atoms with Crippen molar-refractivity contribution in [3.8, 4) is 0 Å². The second kappa shape index (κ2) is 30.7. The summed E-state index contributed by atoms with van der Waals surface area (Å²) < 4.78 is 32.4. The van der Waals surface area contributed by atoms with Gasteiger partial charge in [0.1, 0.15) is 6.61 Å². The average molecular weight is 640 g/mol. The fourth-order valence-corrected chi connectivity index (χ4v) is 4.66. The number of carbonyl (C=O) groups is 2. The molecule has 0 heterocycles. The average Bonchev–Trinajstić information content (AvgIpc) is 3.00. The third-order valence-corrected chi connectivity index (χ3v) is 7.28. The van der Waals surface area contributed by atoms with E-state index in [1.807, 2.05) is 54.7 Å². The van der Waals surface area contributed by atoms with Gasteiger partial charge >= 0.3 is 19.8 Å². The quantitative estimate of drug-likeness (QED) is 0.0359. The number of nitrogens with two attached hydrogens (primary N) is 1. The molecule has 0 aliphatic heterocycles. The number of phosphoric acid groups is 1. The van der Waals surface area contributed by atoms with Gasteiger partial charge in [-0.2, -0.15) is 0 Å². The van der Waals surface area contributed by atoms with E-state index in [-0.39, 0.29) is 32.6 Å². The fourth-order valence-electron chi connectivity index (χ4n) is 3.90. The van der Waals surface area contributed by atoms with Gasteiger partial charge in [-0.3, -0.25) is 18.6 Å². The number of ether oxygens (including phenoxy) is 2. The van der Waals surface area contributed by atoms with Crippen LogP contribution >= 0.6 is 7.82 Å². The van der Waals surface area contributed by atoms with Crippen molar-refractivity contribution in [2.24, 2.45) is 5.73 Å². The molecule has 2 atom stereocenters. The molecular formula is C34H58NO8P. The van der Waals surface area contributed by atoms with Gasteiger partial charge in [-0.15, -0.1) is 0 Å². The first-order valence-electron chi connectivity index (χ1n) is 16.3. The Balaban J connectivity index is 4.48. The first-order chi connectivity index (χ1) is 21.3. The zero-order chi connectivity index (χ0) is 32.6. The summed E-state index contributed by atoms with van der Waals surface area (Å²) in [6.07, 6.45) is 32.7. The van der Waals surface area contributed by atoms with E-state index in [4.69, 9.17) is 24.3 Å². The first-order valence-corrected chi connectivity index (χ1v) is 17.8. The number of phosphoric ester groups is 1. The normalized spacial score (nSPS) is 14.4. The minimum atomic E-state index is -4.38. The molecule has 0 aliphatic carbocycles. The highest BCUT2D eigenvalue weighted by Gasteiger charge is 2.25. The SMILES string of the molecule is CC/C=C/C=C/C=C/C=C/C=C/CCCC(=O)OC(COC(=O)CCCCCCCCCCCC)COP(=O)(O)OCCN. The van der Waals surface area contributed by atoms with Crippen LogP contribution in [-0.2, 0) is 32.7 Å². The molecule has 2 unspecified atom stereocenters. The summed E-state index contributed by atoms with van der Waals surface area (Å²) in [6, 6.07) is 0. The van der Waals surface area contributed by atoms with Crippen molar-refractivity contribution in [2.45, 2.75) is 116 Å². The fraction of sp³-hybridized carbons (Fsp3) is 0.647. The van der Waals surface area contributed by atoms with Crippen LogP contribution in [0.4, 0.5) is 0 Å². The molecule has 0 rings (SSSR count). The highest BCUT2D eigenvalue weighted by atomic mass is 31.2. The second-order valence-electron chi connectivity index (χ2n) is 10.4. The predicted octanol–water partition coefficient (Wildman–Crippen LogP) is 8.21. The van der Waals surface area contributed by atoms with E-state index in [9.17, 15) is 19.0 Å². The summed E-state index contributed by atoms with van der Waals surface area (Å²) in [5.74, 6) is -0.926. The minimum absolute atomic E-state index is 0.0398. The third-order valence-electron chi connectivity index (χ3n) is 6.30. The molecule has 3 N–H and O–H groups in total. The van der Waals surface area contributed by atoms with E-state index < -0.39 is 32.5 Å². The lowest BCUT2D eigenvalue weighted by Gasteiger charge is -2.19. The maximum absolute atomic E-state index is 12.4. The number of hydrogen-bond acceptors (Lipinski definition) is 8. The van der Waals surface area contributed by atoms with E-state index in [0.29, 0.717) is 12.8 Å². The van der Waals surface area contributed by atoms with Crippen LogP contribution in [0, 0.1) is 0 Å². The third kappa shape index (κ3) is 29.8. The van der Waals surface area contributed by atoms with Gasteiger partial charge in [0.15, 0.2) is 6.10 Å². The van der Waals surface area contributed by atoms with E-state index >= 15 is 0 Å². The Kier molecular flexibility index (Phi) is 29.1. The van der Waals surface area contributed by atoms with Crippen molar-refractivity contribution < 1.29 is 37.6 Å². The zero-order valence-electron chi connectivity index (χ0n) is 27.1. The summed E-state index contributed by atoms with van der Waals surface area (Å²) >= 11 is 0. The molecule has 0 aliphatic rings. The Morgan fingerprint density at radius 1 is 0.705 bits per heavy atom. The second-order valence-corrected chi connectivity index (χ2v) is 11.9. The van der Waals surface area contributed by atoms with Crippen LogP contribution in [0.15, 0.2) is 60.8 Å². The predicted molar refractivity (Wildman–Crippen MR) is 178 cm³/mol. The van der Waals surface area contributed by atoms with Crippen LogP contribution in [0.2, 0.25) is 0 Å². The van der Waals surface area contributed by atoms with Crippen LogP contribution in [0.5, 0.6) is 0 Å². The molecular weight excluding hydrogens is 581 g/mol. The Labute approximate surface area is 266 Å². The molecule has 0 amide bonds. The Morgan fingerprint density at radius 3 is 1.84 bits per heavy atom. The molecule has 10 heteroatoms. The van der Waals surface area contributed by atoms with Gasteiger partial charge in [-0.1, -0.05) is 132 Å². The van der Waals surface area contributed by atoms with Crippen LogP contribution in [-0.4, -0.2) is 49.3 Å². The topological polar surface area (TPSA) is 134 Å². The number of unbranched alkanes of at least 4 members (excludes halogenated alkanes) is 10. The van der Waals surface area contributed by atoms with Gasteiger partial charge in [0.2, 0.25) is 0 Å². The standard InChI is InChI=1S/C34H58NO8P/c1-3-5-7-9-11-13-15-16-17-19-21-23-25-27-34(37)43-32(31-42-44(38,39)41-29-28-35)30-40-33(36)26-24-22-20-18-14-12-10-8-6-4-2/h5,7,9,11,13,15-17,19,21,32H,3-4,6,8,10,12,14,18,20,22-31,35H2,1-2H3,(H,38,39)/b7-5+,11-9+,15-13+,17-16+,21-19+. The van der Waals surface area contributed by atoms with Crippen molar-refractivity contribution >= 4 is 19.8 Å². The van der Waals surface area contributed by atoms with Gasteiger partial charge in [-0.05, 0) is 25.7 Å². The van der Waals surface area contributed by atoms with Gasteiger partial charge in [-0.25, -0.2) is 4.57 Å². The summed E-state index contributed by atoms with van der Waals surface area (Å²) in [6.45, 7) is 3.44. The lowest BCUT2D eigenvalue weighted by atomic mass is 10.1. The monoisotopic (exact) mass is 639 g/mol. The summed E-state index contributed by atoms with van der Waals surface area (Å²) in [5.41, 5.74) is 5.30. The summed E-state index contributed by atoms with van der Waals surface area (Å²) in [4.78, 5) is 34.4. The number of carbonyl (C=O) groups excluding carboxylic acids is 2. The molecule has 0 aromatic heterocycles. The van der Waals surface area contributed by atoms with Gasteiger partial charge in [0, 0.05) is 19.4 Å². The highest BCUT2D eigenvalue weighted by molar-refractivity contribution is 7.47. The van der Waals surface area contributed by atoms with Crippen LogP contribution < -0.4 is 5.73 Å². The maximum atomic E-state index is 12.4. The largest absolute Gasteiger partial charge is 0.472 e. The zero-order valence-corrected chi connectivity index (χ0v) is 28.0. The number of esters is 2. The smallest absolute Gasteiger partial charge is 0.462 e. The van der Waals surface area contributed by atoms with Crippen molar-refractivity contribution in [3.05, 3.63) is 60.8 Å². The highest BCUT2D eigenvalue weighted by Crippen LogP contribution is 2.43. The van der Waals surface area contributed by atoms with Gasteiger partial charge in [0.25, 0.3) is 0 Å². The van der Waals surface area contributed by atoms with Crippen LogP contribution in [0.3, 0.4) is 0 Å². The number of rotatable bonds is 29.